The van der Waals surface area contributed by atoms with Crippen LogP contribution in [-0.2, 0) is 13.1 Å². The van der Waals surface area contributed by atoms with Gasteiger partial charge in [-0.2, -0.15) is 0 Å². The van der Waals surface area contributed by atoms with Gasteiger partial charge in [-0.05, 0) is 83.8 Å². The average Bonchev–Trinajstić information content (AvgIpc) is 3.40. The maximum atomic E-state index is 14.2. The van der Waals surface area contributed by atoms with Crippen LogP contribution in [0.25, 0.3) is 11.1 Å². The van der Waals surface area contributed by atoms with Gasteiger partial charge in [-0.1, -0.05) is 42.5 Å². The second kappa shape index (κ2) is 12.0. The molecule has 2 aliphatic rings. The van der Waals surface area contributed by atoms with Gasteiger partial charge in [-0.25, -0.2) is 4.98 Å². The normalized spacial score (nSPS) is 14.4. The number of aromatic nitrogens is 2. The standard InChI is InChI=1S/C37H35N5O3/c1-26-22-28(13-15-32(26)27-9-7-10-31(23-27)45-2)36(43)42-25-30-14-16-34(41(30)24-29-8-3-4-11-33(29)42)37(44)40-20-18-39(19-21-40)35-12-5-6-17-38-35/h3-17,22-23H,18-21,24-25H2,1-2H3. The van der Waals surface area contributed by atoms with Crippen LogP contribution < -0.4 is 14.5 Å². The van der Waals surface area contributed by atoms with Gasteiger partial charge in [0, 0.05) is 49.3 Å². The maximum absolute atomic E-state index is 14.2. The van der Waals surface area contributed by atoms with Gasteiger partial charge in [0.25, 0.3) is 11.8 Å². The van der Waals surface area contributed by atoms with Crippen molar-refractivity contribution in [2.75, 3.05) is 43.1 Å². The quantitative estimate of drug-likeness (QED) is 0.247. The van der Waals surface area contributed by atoms with E-state index in [-0.39, 0.29) is 11.8 Å². The Labute approximate surface area is 263 Å². The van der Waals surface area contributed by atoms with Crippen LogP contribution in [0.3, 0.4) is 0 Å². The second-order valence-corrected chi connectivity index (χ2v) is 11.5. The summed E-state index contributed by atoms with van der Waals surface area (Å²) < 4.78 is 7.49. The van der Waals surface area contributed by atoms with E-state index in [0.29, 0.717) is 37.4 Å². The number of ether oxygens (including phenoxy) is 1. The minimum absolute atomic E-state index is 0.0166. The first kappa shape index (κ1) is 28.4. The van der Waals surface area contributed by atoms with E-state index in [1.807, 2.05) is 114 Å². The number of methoxy groups -OCH3 is 1. The van der Waals surface area contributed by atoms with Crippen molar-refractivity contribution < 1.29 is 14.3 Å². The number of hydrogen-bond donors (Lipinski definition) is 0. The first-order valence-corrected chi connectivity index (χ1v) is 15.3. The maximum Gasteiger partial charge on any atom is 0.270 e. The molecule has 0 saturated carbocycles. The third-order valence-electron chi connectivity index (χ3n) is 8.86. The summed E-state index contributed by atoms with van der Waals surface area (Å²) in [5.41, 5.74) is 7.17. The third kappa shape index (κ3) is 5.44. The zero-order valence-electron chi connectivity index (χ0n) is 25.5. The molecule has 0 bridgehead atoms. The van der Waals surface area contributed by atoms with E-state index in [4.69, 9.17) is 4.74 Å². The first-order valence-electron chi connectivity index (χ1n) is 15.3. The van der Waals surface area contributed by atoms with E-state index in [1.54, 1.807) is 13.3 Å². The fourth-order valence-corrected chi connectivity index (χ4v) is 6.44. The summed E-state index contributed by atoms with van der Waals surface area (Å²) in [6.07, 6.45) is 1.80. The summed E-state index contributed by atoms with van der Waals surface area (Å²) in [5, 5.41) is 0. The number of benzene rings is 3. The number of nitrogens with zero attached hydrogens (tertiary/aromatic N) is 5. The van der Waals surface area contributed by atoms with E-state index in [2.05, 4.69) is 14.5 Å². The lowest BCUT2D eigenvalue weighted by molar-refractivity contribution is 0.0735. The van der Waals surface area contributed by atoms with Crippen molar-refractivity contribution in [3.8, 4) is 16.9 Å². The van der Waals surface area contributed by atoms with Crippen LogP contribution in [0.1, 0.15) is 37.7 Å². The van der Waals surface area contributed by atoms with E-state index in [1.165, 1.54) is 0 Å². The lowest BCUT2D eigenvalue weighted by Crippen LogP contribution is -2.49. The van der Waals surface area contributed by atoms with Crippen LogP contribution in [0.4, 0.5) is 11.5 Å². The van der Waals surface area contributed by atoms with Crippen molar-refractivity contribution >= 4 is 23.3 Å². The summed E-state index contributed by atoms with van der Waals surface area (Å²) >= 11 is 0. The Balaban J connectivity index is 1.14. The molecule has 1 fully saturated rings. The van der Waals surface area contributed by atoms with Crippen LogP contribution in [0.5, 0.6) is 5.75 Å². The van der Waals surface area contributed by atoms with Gasteiger partial charge in [0.2, 0.25) is 0 Å². The molecule has 0 atom stereocenters. The monoisotopic (exact) mass is 597 g/mol. The Bertz CT molecular complexity index is 1870. The fraction of sp³-hybridized carbons (Fsp3) is 0.216. The largest absolute Gasteiger partial charge is 0.497 e. The van der Waals surface area contributed by atoms with Crippen LogP contribution in [0, 0.1) is 6.92 Å². The number of pyridine rings is 1. The molecule has 8 nitrogen and oxygen atoms in total. The SMILES string of the molecule is COc1cccc(-c2ccc(C(=O)N3Cc4ccc(C(=O)N5CCN(c6ccccn6)CC5)n4Cc4ccccc43)cc2C)c1. The van der Waals surface area contributed by atoms with E-state index in [0.717, 1.165) is 58.3 Å². The van der Waals surface area contributed by atoms with Crippen LogP contribution >= 0.6 is 0 Å². The number of anilines is 2. The zero-order chi connectivity index (χ0) is 30.9. The predicted octanol–water partition coefficient (Wildman–Crippen LogP) is 6.04. The highest BCUT2D eigenvalue weighted by molar-refractivity contribution is 6.07. The van der Waals surface area contributed by atoms with Gasteiger partial charge in [0.1, 0.15) is 17.3 Å². The Morgan fingerprint density at radius 1 is 0.778 bits per heavy atom. The number of para-hydroxylation sites is 1. The van der Waals surface area contributed by atoms with Crippen molar-refractivity contribution in [3.63, 3.8) is 0 Å². The minimum Gasteiger partial charge on any atom is -0.497 e. The van der Waals surface area contributed by atoms with Gasteiger partial charge in [0.15, 0.2) is 0 Å². The molecule has 1 saturated heterocycles. The van der Waals surface area contributed by atoms with Crippen molar-refractivity contribution in [1.29, 1.82) is 0 Å². The van der Waals surface area contributed by atoms with Gasteiger partial charge in [-0.15, -0.1) is 0 Å². The summed E-state index contributed by atoms with van der Waals surface area (Å²) in [6.45, 7) is 5.64. The molecule has 45 heavy (non-hydrogen) atoms. The van der Waals surface area contributed by atoms with Gasteiger partial charge < -0.3 is 24.0 Å². The van der Waals surface area contributed by atoms with Gasteiger partial charge in [-0.3, -0.25) is 9.59 Å². The molecule has 2 aliphatic heterocycles. The van der Waals surface area contributed by atoms with Crippen LogP contribution in [0.2, 0.25) is 0 Å². The third-order valence-corrected chi connectivity index (χ3v) is 8.86. The predicted molar refractivity (Wildman–Crippen MR) is 176 cm³/mol. The summed E-state index contributed by atoms with van der Waals surface area (Å²) in [7, 11) is 1.66. The molecule has 0 radical (unpaired) electrons. The molecular weight excluding hydrogens is 562 g/mol. The summed E-state index contributed by atoms with van der Waals surface area (Å²) in [6, 6.07) is 31.6. The molecule has 8 heteroatoms. The topological polar surface area (TPSA) is 70.9 Å². The molecule has 0 N–H and O–H groups in total. The fourth-order valence-electron chi connectivity index (χ4n) is 6.44. The Kier molecular flexibility index (Phi) is 7.55. The van der Waals surface area contributed by atoms with Gasteiger partial charge >= 0.3 is 0 Å². The zero-order valence-corrected chi connectivity index (χ0v) is 25.5. The van der Waals surface area contributed by atoms with E-state index in [9.17, 15) is 9.59 Å². The number of rotatable bonds is 5. The second-order valence-electron chi connectivity index (χ2n) is 11.5. The molecule has 226 valence electrons. The molecule has 0 unspecified atom stereocenters. The molecule has 2 aromatic heterocycles. The number of carbonyl (C=O) groups excluding carboxylic acids is 2. The number of amides is 2. The molecule has 2 amide bonds. The highest BCUT2D eigenvalue weighted by atomic mass is 16.5. The number of aryl methyl sites for hydroxylation is 1. The Morgan fingerprint density at radius 2 is 1.60 bits per heavy atom. The number of carbonyl (C=O) groups is 2. The molecule has 0 spiro atoms. The molecule has 4 heterocycles. The molecule has 5 aromatic rings. The molecule has 3 aromatic carbocycles. The highest BCUT2D eigenvalue weighted by Gasteiger charge is 2.30. The van der Waals surface area contributed by atoms with E-state index >= 15 is 0 Å². The van der Waals surface area contributed by atoms with Crippen LogP contribution in [-0.4, -0.2) is 59.6 Å². The summed E-state index contributed by atoms with van der Waals surface area (Å²) in [5.74, 6) is 1.67. The highest BCUT2D eigenvalue weighted by Crippen LogP contribution is 2.32. The van der Waals surface area contributed by atoms with Gasteiger partial charge in [0.05, 0.1) is 20.2 Å². The van der Waals surface area contributed by atoms with Crippen molar-refractivity contribution in [3.05, 3.63) is 131 Å². The Morgan fingerprint density at radius 3 is 2.38 bits per heavy atom. The number of fused-ring (bicyclic) bond motifs is 2. The minimum atomic E-state index is -0.0732. The molecule has 7 rings (SSSR count). The molecular formula is C37H35N5O3. The lowest BCUT2D eigenvalue weighted by atomic mass is 9.97. The average molecular weight is 598 g/mol. The summed E-state index contributed by atoms with van der Waals surface area (Å²) in [4.78, 5) is 38.5. The number of piperazine rings is 1. The molecule has 0 aliphatic carbocycles. The van der Waals surface area contributed by atoms with Crippen molar-refractivity contribution in [2.24, 2.45) is 0 Å². The number of hydrogen-bond acceptors (Lipinski definition) is 5. The lowest BCUT2D eigenvalue weighted by Gasteiger charge is -2.35. The van der Waals surface area contributed by atoms with Crippen LogP contribution in [0.15, 0.2) is 103 Å². The first-order chi connectivity index (χ1) is 22.0. The van der Waals surface area contributed by atoms with E-state index < -0.39 is 0 Å². The van der Waals surface area contributed by atoms with Crippen molar-refractivity contribution in [1.82, 2.24) is 14.5 Å². The van der Waals surface area contributed by atoms with Crippen molar-refractivity contribution in [2.45, 2.75) is 20.0 Å². The Hall–Kier alpha value is -5.37. The smallest absolute Gasteiger partial charge is 0.270 e.